The van der Waals surface area contributed by atoms with Crippen LogP contribution in [-0.4, -0.2) is 16.6 Å². The summed E-state index contributed by atoms with van der Waals surface area (Å²) in [6.07, 6.45) is 0.487. The minimum absolute atomic E-state index is 0.199. The third-order valence-electron chi connectivity index (χ3n) is 4.50. The Bertz CT molecular complexity index is 964. The van der Waals surface area contributed by atoms with Crippen molar-refractivity contribution in [1.82, 2.24) is 5.01 Å². The topological polar surface area (TPSA) is 32.7 Å². The van der Waals surface area contributed by atoms with Crippen LogP contribution >= 0.6 is 11.3 Å². The fourth-order valence-corrected chi connectivity index (χ4v) is 3.77. The Balaban J connectivity index is 1.75. The summed E-state index contributed by atoms with van der Waals surface area (Å²) in [5.74, 6) is -0.516. The van der Waals surface area contributed by atoms with Gasteiger partial charge in [0, 0.05) is 12.0 Å². The summed E-state index contributed by atoms with van der Waals surface area (Å²) in [4.78, 5) is 13.5. The first-order valence-corrected chi connectivity index (χ1v) is 9.27. The monoisotopic (exact) mass is 364 g/mol. The molecule has 1 amide bonds. The normalized spacial score (nSPS) is 16.6. The Kier molecular flexibility index (Phi) is 4.39. The summed E-state index contributed by atoms with van der Waals surface area (Å²) < 4.78 is 14.4. The van der Waals surface area contributed by atoms with Crippen molar-refractivity contribution < 1.29 is 9.18 Å². The zero-order valence-electron chi connectivity index (χ0n) is 14.2. The van der Waals surface area contributed by atoms with E-state index in [1.165, 1.54) is 22.4 Å². The average Bonchev–Trinajstić information content (AvgIpc) is 3.32. The van der Waals surface area contributed by atoms with Crippen LogP contribution < -0.4 is 0 Å². The quantitative estimate of drug-likeness (QED) is 0.630. The maximum absolute atomic E-state index is 14.4. The summed E-state index contributed by atoms with van der Waals surface area (Å²) >= 11 is 1.36. The number of carbonyl (C=O) groups excluding carboxylic acids is 1. The summed E-state index contributed by atoms with van der Waals surface area (Å²) in [7, 11) is 0. The van der Waals surface area contributed by atoms with Crippen LogP contribution in [0.5, 0.6) is 0 Å². The minimum atomic E-state index is -0.442. The van der Waals surface area contributed by atoms with Gasteiger partial charge in [-0.2, -0.15) is 5.10 Å². The van der Waals surface area contributed by atoms with Crippen LogP contribution in [0.15, 0.2) is 71.1 Å². The number of carbonyl (C=O) groups is 1. The van der Waals surface area contributed by atoms with Gasteiger partial charge in [0.05, 0.1) is 16.6 Å². The van der Waals surface area contributed by atoms with Gasteiger partial charge in [0.15, 0.2) is 0 Å². The molecule has 2 aromatic carbocycles. The van der Waals surface area contributed by atoms with Gasteiger partial charge in [-0.3, -0.25) is 4.79 Å². The predicted octanol–water partition coefficient (Wildman–Crippen LogP) is 5.19. The van der Waals surface area contributed by atoms with Crippen molar-refractivity contribution in [2.75, 3.05) is 0 Å². The molecule has 4 rings (SSSR count). The molecule has 0 N–H and O–H groups in total. The molecule has 0 spiro atoms. The van der Waals surface area contributed by atoms with E-state index in [1.54, 1.807) is 24.3 Å². The number of rotatable bonds is 3. The van der Waals surface area contributed by atoms with Crippen molar-refractivity contribution >= 4 is 23.0 Å². The number of hydrazone groups is 1. The molecule has 1 atom stereocenters. The summed E-state index contributed by atoms with van der Waals surface area (Å²) in [5, 5.41) is 7.87. The van der Waals surface area contributed by atoms with Crippen molar-refractivity contribution in [3.63, 3.8) is 0 Å². The molecule has 1 aliphatic rings. The van der Waals surface area contributed by atoms with Crippen molar-refractivity contribution in [2.24, 2.45) is 5.10 Å². The number of amides is 1. The maximum Gasteiger partial charge on any atom is 0.284 e. The van der Waals surface area contributed by atoms with E-state index in [4.69, 9.17) is 0 Å². The lowest BCUT2D eigenvalue weighted by Gasteiger charge is -2.21. The van der Waals surface area contributed by atoms with E-state index in [-0.39, 0.29) is 11.7 Å². The van der Waals surface area contributed by atoms with Crippen molar-refractivity contribution in [2.45, 2.75) is 19.4 Å². The first kappa shape index (κ1) is 16.7. The second-order valence-corrected chi connectivity index (χ2v) is 7.23. The number of nitrogens with zero attached hydrogens (tertiary/aromatic N) is 2. The summed E-state index contributed by atoms with van der Waals surface area (Å²) in [6.45, 7) is 2.02. The molecule has 2 heterocycles. The number of thiophene rings is 1. The van der Waals surface area contributed by atoms with Crippen LogP contribution in [0, 0.1) is 12.7 Å². The number of hydrogen-bond donors (Lipinski definition) is 0. The molecular weight excluding hydrogens is 347 g/mol. The smallest absolute Gasteiger partial charge is 0.266 e. The molecule has 130 valence electrons. The lowest BCUT2D eigenvalue weighted by atomic mass is 9.97. The van der Waals surface area contributed by atoms with Crippen LogP contribution in [0.25, 0.3) is 0 Å². The molecule has 0 radical (unpaired) electrons. The highest BCUT2D eigenvalue weighted by Crippen LogP contribution is 2.35. The number of hydrogen-bond acceptors (Lipinski definition) is 3. The van der Waals surface area contributed by atoms with E-state index < -0.39 is 6.04 Å². The van der Waals surface area contributed by atoms with E-state index in [9.17, 15) is 9.18 Å². The van der Waals surface area contributed by atoms with E-state index in [0.717, 1.165) is 16.8 Å². The highest BCUT2D eigenvalue weighted by molar-refractivity contribution is 7.12. The van der Waals surface area contributed by atoms with Crippen LogP contribution in [-0.2, 0) is 0 Å². The Morgan fingerprint density at radius 3 is 2.58 bits per heavy atom. The van der Waals surface area contributed by atoms with E-state index >= 15 is 0 Å². The molecule has 3 nitrogen and oxygen atoms in total. The third-order valence-corrected chi connectivity index (χ3v) is 5.36. The zero-order valence-corrected chi connectivity index (χ0v) is 15.0. The molecule has 5 heteroatoms. The Labute approximate surface area is 155 Å². The molecule has 3 aromatic rings. The fourth-order valence-electron chi connectivity index (χ4n) is 3.12. The largest absolute Gasteiger partial charge is 0.284 e. The second-order valence-electron chi connectivity index (χ2n) is 6.28. The van der Waals surface area contributed by atoms with Gasteiger partial charge in [0.25, 0.3) is 5.91 Å². The van der Waals surface area contributed by atoms with E-state index in [2.05, 4.69) is 5.10 Å². The first-order valence-electron chi connectivity index (χ1n) is 8.39. The van der Waals surface area contributed by atoms with Gasteiger partial charge in [0.1, 0.15) is 5.82 Å². The van der Waals surface area contributed by atoms with Crippen LogP contribution in [0.1, 0.15) is 38.8 Å². The van der Waals surface area contributed by atoms with Gasteiger partial charge in [0.2, 0.25) is 0 Å². The van der Waals surface area contributed by atoms with Gasteiger partial charge >= 0.3 is 0 Å². The van der Waals surface area contributed by atoms with Crippen molar-refractivity contribution in [3.8, 4) is 0 Å². The van der Waals surface area contributed by atoms with Crippen LogP contribution in [0.2, 0.25) is 0 Å². The standard InChI is InChI=1S/C21H17FN2OS/c1-14-8-10-15(11-9-14)18-13-19(16-5-2-3-6-17(16)22)24(23-18)21(25)20-7-4-12-26-20/h2-12,19H,13H2,1H3/t19-/m1/s1. The van der Waals surface area contributed by atoms with E-state index in [0.29, 0.717) is 16.9 Å². The van der Waals surface area contributed by atoms with Crippen molar-refractivity contribution in [3.05, 3.63) is 93.4 Å². The van der Waals surface area contributed by atoms with Crippen LogP contribution in [0.3, 0.4) is 0 Å². The van der Waals surface area contributed by atoms with Gasteiger partial charge in [-0.15, -0.1) is 11.3 Å². The Morgan fingerprint density at radius 1 is 1.12 bits per heavy atom. The molecule has 0 bridgehead atoms. The maximum atomic E-state index is 14.4. The van der Waals surface area contributed by atoms with Gasteiger partial charge in [-0.1, -0.05) is 54.1 Å². The van der Waals surface area contributed by atoms with Crippen LogP contribution in [0.4, 0.5) is 4.39 Å². The molecule has 0 unspecified atom stereocenters. The van der Waals surface area contributed by atoms with Gasteiger partial charge in [-0.25, -0.2) is 9.40 Å². The Hall–Kier alpha value is -2.79. The van der Waals surface area contributed by atoms with E-state index in [1.807, 2.05) is 42.6 Å². The highest BCUT2D eigenvalue weighted by atomic mass is 32.1. The molecule has 0 aliphatic carbocycles. The molecule has 1 aliphatic heterocycles. The second kappa shape index (κ2) is 6.84. The number of aryl methyl sites for hydroxylation is 1. The molecule has 0 saturated heterocycles. The SMILES string of the molecule is Cc1ccc(C2=NN(C(=O)c3cccs3)[C@@H](c3ccccc3F)C2)cc1. The predicted molar refractivity (Wildman–Crippen MR) is 102 cm³/mol. The van der Waals surface area contributed by atoms with Gasteiger partial charge in [-0.05, 0) is 30.0 Å². The Morgan fingerprint density at radius 2 is 1.88 bits per heavy atom. The minimum Gasteiger partial charge on any atom is -0.266 e. The number of halogens is 1. The zero-order chi connectivity index (χ0) is 18.1. The third kappa shape index (κ3) is 3.06. The summed E-state index contributed by atoms with van der Waals surface area (Å²) in [5.41, 5.74) is 3.40. The first-order chi connectivity index (χ1) is 12.6. The van der Waals surface area contributed by atoms with Crippen molar-refractivity contribution in [1.29, 1.82) is 0 Å². The lowest BCUT2D eigenvalue weighted by molar-refractivity contribution is 0.0713. The lowest BCUT2D eigenvalue weighted by Crippen LogP contribution is -2.27. The fraction of sp³-hybridized carbons (Fsp3) is 0.143. The number of benzene rings is 2. The summed E-state index contributed by atoms with van der Waals surface area (Å²) in [6, 6.07) is 17.8. The average molecular weight is 364 g/mol. The molecule has 0 fully saturated rings. The molecular formula is C21H17FN2OS. The van der Waals surface area contributed by atoms with Gasteiger partial charge < -0.3 is 0 Å². The molecule has 26 heavy (non-hydrogen) atoms. The molecule has 1 aromatic heterocycles. The highest BCUT2D eigenvalue weighted by Gasteiger charge is 2.35. The molecule has 0 saturated carbocycles.